The van der Waals surface area contributed by atoms with Gasteiger partial charge in [-0.1, -0.05) is 32.4 Å². The number of hydrogen-bond donors (Lipinski definition) is 1. The first-order chi connectivity index (χ1) is 9.27. The fourth-order valence-corrected chi connectivity index (χ4v) is 2.69. The van der Waals surface area contributed by atoms with Crippen LogP contribution in [0.2, 0.25) is 5.15 Å². The minimum atomic E-state index is -0.226. The van der Waals surface area contributed by atoms with Crippen LogP contribution >= 0.6 is 11.6 Å². The molecule has 20 heavy (non-hydrogen) atoms. The molecule has 2 rings (SSSR count). The van der Waals surface area contributed by atoms with E-state index in [0.717, 1.165) is 37.6 Å². The molecule has 1 atom stereocenters. The van der Waals surface area contributed by atoms with E-state index in [1.54, 1.807) is 0 Å². The number of halogens is 1. The maximum absolute atomic E-state index is 9.66. The SMILES string of the molecule is CC(O)C1CCN(c2cc(Cl)nc(C(C)(C)C)n2)CC1. The molecule has 0 amide bonds. The number of nitrogens with zero attached hydrogens (tertiary/aromatic N) is 3. The number of piperidine rings is 1. The molecule has 112 valence electrons. The van der Waals surface area contributed by atoms with Crippen LogP contribution in [0.15, 0.2) is 6.07 Å². The van der Waals surface area contributed by atoms with Crippen LogP contribution in [0.5, 0.6) is 0 Å². The van der Waals surface area contributed by atoms with Crippen LogP contribution in [-0.4, -0.2) is 34.3 Å². The third-order valence-corrected chi connectivity index (χ3v) is 4.09. The van der Waals surface area contributed by atoms with Crippen LogP contribution in [0.4, 0.5) is 5.82 Å². The molecule has 0 aromatic carbocycles. The lowest BCUT2D eigenvalue weighted by Crippen LogP contribution is -2.37. The number of aromatic nitrogens is 2. The van der Waals surface area contributed by atoms with Crippen molar-refractivity contribution in [2.45, 2.75) is 52.1 Å². The Morgan fingerprint density at radius 2 is 1.90 bits per heavy atom. The summed E-state index contributed by atoms with van der Waals surface area (Å²) in [6, 6.07) is 1.83. The zero-order valence-corrected chi connectivity index (χ0v) is 13.5. The van der Waals surface area contributed by atoms with E-state index in [1.807, 2.05) is 13.0 Å². The van der Waals surface area contributed by atoms with Gasteiger partial charge in [0, 0.05) is 24.6 Å². The van der Waals surface area contributed by atoms with Gasteiger partial charge in [0.15, 0.2) is 0 Å². The Bertz CT molecular complexity index is 463. The highest BCUT2D eigenvalue weighted by Crippen LogP contribution is 2.28. The summed E-state index contributed by atoms with van der Waals surface area (Å²) in [7, 11) is 0. The van der Waals surface area contributed by atoms with Gasteiger partial charge in [-0.2, -0.15) is 0 Å². The largest absolute Gasteiger partial charge is 0.393 e. The lowest BCUT2D eigenvalue weighted by Gasteiger charge is -2.34. The van der Waals surface area contributed by atoms with Crippen molar-refractivity contribution in [2.24, 2.45) is 5.92 Å². The van der Waals surface area contributed by atoms with Crippen molar-refractivity contribution in [3.05, 3.63) is 17.0 Å². The summed E-state index contributed by atoms with van der Waals surface area (Å²) < 4.78 is 0. The van der Waals surface area contributed by atoms with Crippen molar-refractivity contribution in [1.29, 1.82) is 0 Å². The number of aliphatic hydroxyl groups excluding tert-OH is 1. The fourth-order valence-electron chi connectivity index (χ4n) is 2.51. The molecule has 1 fully saturated rings. The van der Waals surface area contributed by atoms with E-state index in [2.05, 4.69) is 35.6 Å². The Labute approximate surface area is 126 Å². The topological polar surface area (TPSA) is 49.2 Å². The Balaban J connectivity index is 2.16. The zero-order valence-electron chi connectivity index (χ0n) is 12.7. The first kappa shape index (κ1) is 15.5. The Hall–Kier alpha value is -0.870. The van der Waals surface area contributed by atoms with Gasteiger partial charge in [0.2, 0.25) is 0 Å². The van der Waals surface area contributed by atoms with E-state index in [1.165, 1.54) is 0 Å². The molecular weight excluding hydrogens is 274 g/mol. The van der Waals surface area contributed by atoms with Crippen LogP contribution in [-0.2, 0) is 5.41 Å². The van der Waals surface area contributed by atoms with Gasteiger partial charge in [-0.15, -0.1) is 0 Å². The normalized spacial score (nSPS) is 19.2. The summed E-state index contributed by atoms with van der Waals surface area (Å²) in [4.78, 5) is 11.2. The second-order valence-electron chi connectivity index (χ2n) is 6.69. The smallest absolute Gasteiger partial charge is 0.137 e. The van der Waals surface area contributed by atoms with Gasteiger partial charge in [-0.25, -0.2) is 9.97 Å². The lowest BCUT2D eigenvalue weighted by molar-refractivity contribution is 0.109. The first-order valence-electron chi connectivity index (χ1n) is 7.25. The molecule has 0 radical (unpaired) electrons. The minimum Gasteiger partial charge on any atom is -0.393 e. The van der Waals surface area contributed by atoms with Crippen molar-refractivity contribution < 1.29 is 5.11 Å². The van der Waals surface area contributed by atoms with Gasteiger partial charge in [0.05, 0.1) is 6.10 Å². The second-order valence-corrected chi connectivity index (χ2v) is 7.07. The molecule has 1 unspecified atom stereocenters. The van der Waals surface area contributed by atoms with Crippen LogP contribution in [0.3, 0.4) is 0 Å². The minimum absolute atomic E-state index is 0.114. The fraction of sp³-hybridized carbons (Fsp3) is 0.733. The molecule has 0 spiro atoms. The van der Waals surface area contributed by atoms with Gasteiger partial charge in [0.1, 0.15) is 16.8 Å². The molecule has 2 heterocycles. The molecule has 1 aliphatic heterocycles. The predicted molar refractivity (Wildman–Crippen MR) is 82.4 cm³/mol. The average Bonchev–Trinajstić information content (AvgIpc) is 2.37. The molecule has 1 N–H and O–H groups in total. The van der Waals surface area contributed by atoms with Crippen molar-refractivity contribution in [3.63, 3.8) is 0 Å². The molecule has 5 heteroatoms. The van der Waals surface area contributed by atoms with Crippen molar-refractivity contribution >= 4 is 17.4 Å². The molecule has 0 saturated carbocycles. The zero-order chi connectivity index (χ0) is 14.9. The quantitative estimate of drug-likeness (QED) is 0.853. The van der Waals surface area contributed by atoms with Crippen molar-refractivity contribution in [2.75, 3.05) is 18.0 Å². The highest BCUT2D eigenvalue weighted by Gasteiger charge is 2.25. The predicted octanol–water partition coefficient (Wildman–Crippen LogP) is 3.02. The number of anilines is 1. The second kappa shape index (κ2) is 5.86. The van der Waals surface area contributed by atoms with E-state index in [4.69, 9.17) is 11.6 Å². The third-order valence-electron chi connectivity index (χ3n) is 3.90. The Morgan fingerprint density at radius 3 is 2.40 bits per heavy atom. The van der Waals surface area contributed by atoms with Gasteiger partial charge < -0.3 is 10.0 Å². The number of hydrogen-bond acceptors (Lipinski definition) is 4. The van der Waals surface area contributed by atoms with Gasteiger partial charge in [-0.3, -0.25) is 0 Å². The van der Waals surface area contributed by atoms with Crippen LogP contribution in [0.25, 0.3) is 0 Å². The standard InChI is InChI=1S/C15H24ClN3O/c1-10(20)11-5-7-19(8-6-11)13-9-12(16)17-14(18-13)15(2,3)4/h9-11,20H,5-8H2,1-4H3. The molecule has 0 aliphatic carbocycles. The molecule has 1 saturated heterocycles. The molecule has 1 aromatic rings. The highest BCUT2D eigenvalue weighted by atomic mass is 35.5. The third kappa shape index (κ3) is 3.61. The summed E-state index contributed by atoms with van der Waals surface area (Å²) in [6.45, 7) is 9.95. The van der Waals surface area contributed by atoms with Crippen LogP contribution < -0.4 is 4.90 Å². The maximum Gasteiger partial charge on any atom is 0.137 e. The monoisotopic (exact) mass is 297 g/mol. The van der Waals surface area contributed by atoms with E-state index in [0.29, 0.717) is 11.1 Å². The summed E-state index contributed by atoms with van der Waals surface area (Å²) in [5.74, 6) is 2.07. The number of rotatable bonds is 2. The van der Waals surface area contributed by atoms with Crippen molar-refractivity contribution in [1.82, 2.24) is 9.97 Å². The maximum atomic E-state index is 9.66. The highest BCUT2D eigenvalue weighted by molar-refractivity contribution is 6.29. The van der Waals surface area contributed by atoms with E-state index >= 15 is 0 Å². The van der Waals surface area contributed by atoms with Crippen LogP contribution in [0.1, 0.15) is 46.4 Å². The van der Waals surface area contributed by atoms with Crippen LogP contribution in [0, 0.1) is 5.92 Å². The molecule has 0 bridgehead atoms. The summed E-state index contributed by atoms with van der Waals surface area (Å²) in [5.41, 5.74) is -0.114. The lowest BCUT2D eigenvalue weighted by atomic mass is 9.92. The van der Waals surface area contributed by atoms with Crippen molar-refractivity contribution in [3.8, 4) is 0 Å². The van der Waals surface area contributed by atoms with Gasteiger partial charge in [0.25, 0.3) is 0 Å². The Kier molecular flexibility index (Phi) is 4.55. The molecular formula is C15H24ClN3O. The average molecular weight is 298 g/mol. The summed E-state index contributed by atoms with van der Waals surface area (Å²) in [5, 5.41) is 10.2. The van der Waals surface area contributed by atoms with E-state index in [-0.39, 0.29) is 11.5 Å². The first-order valence-corrected chi connectivity index (χ1v) is 7.63. The Morgan fingerprint density at radius 1 is 1.30 bits per heavy atom. The molecule has 4 nitrogen and oxygen atoms in total. The van der Waals surface area contributed by atoms with Gasteiger partial charge >= 0.3 is 0 Å². The summed E-state index contributed by atoms with van der Waals surface area (Å²) >= 11 is 6.14. The number of aliphatic hydroxyl groups is 1. The summed E-state index contributed by atoms with van der Waals surface area (Å²) in [6.07, 6.45) is 1.75. The molecule has 1 aliphatic rings. The van der Waals surface area contributed by atoms with E-state index < -0.39 is 0 Å². The molecule has 1 aromatic heterocycles. The van der Waals surface area contributed by atoms with E-state index in [9.17, 15) is 5.11 Å². The van der Waals surface area contributed by atoms with Gasteiger partial charge in [-0.05, 0) is 25.7 Å².